The van der Waals surface area contributed by atoms with E-state index in [0.717, 1.165) is 6.07 Å². The van der Waals surface area contributed by atoms with Crippen molar-refractivity contribution in [1.82, 2.24) is 9.62 Å². The molecule has 1 aliphatic heterocycles. The van der Waals surface area contributed by atoms with Crippen molar-refractivity contribution in [3.05, 3.63) is 54.1 Å². The van der Waals surface area contributed by atoms with Gasteiger partial charge < -0.3 is 10.0 Å². The topological polar surface area (TPSA) is 138 Å². The molecule has 0 aliphatic carbocycles. The first-order valence-electron chi connectivity index (χ1n) is 11.7. The number of carboxylic acid groups (broad SMARTS) is 1. The summed E-state index contributed by atoms with van der Waals surface area (Å²) in [5.41, 5.74) is -1.49. The van der Waals surface area contributed by atoms with Gasteiger partial charge in [0, 0.05) is 32.5 Å². The van der Waals surface area contributed by atoms with Crippen molar-refractivity contribution in [2.45, 2.75) is 53.0 Å². The van der Waals surface area contributed by atoms with Crippen LogP contribution in [-0.4, -0.2) is 58.4 Å². The number of sulfonamides is 1. The van der Waals surface area contributed by atoms with E-state index in [2.05, 4.69) is 4.72 Å². The first kappa shape index (κ1) is 29.6. The van der Waals surface area contributed by atoms with Crippen molar-refractivity contribution in [1.29, 1.82) is 0 Å². The van der Waals surface area contributed by atoms with Crippen molar-refractivity contribution in [2.75, 3.05) is 19.6 Å². The van der Waals surface area contributed by atoms with Gasteiger partial charge >= 0.3 is 12.1 Å². The Hall–Kier alpha value is -2.97. The minimum atomic E-state index is -5.05. The lowest BCUT2D eigenvalue weighted by Crippen LogP contribution is -2.41. The van der Waals surface area contributed by atoms with Crippen LogP contribution in [0.1, 0.15) is 37.7 Å². The van der Waals surface area contributed by atoms with Gasteiger partial charge in [0.2, 0.25) is 25.8 Å². The molecule has 3 rings (SSSR count). The highest BCUT2D eigenvalue weighted by Gasteiger charge is 2.38. The van der Waals surface area contributed by atoms with Crippen LogP contribution in [0.15, 0.2) is 63.2 Å². The predicted octanol–water partition coefficient (Wildman–Crippen LogP) is 3.31. The Bertz CT molecular complexity index is 1370. The van der Waals surface area contributed by atoms with Gasteiger partial charge in [-0.15, -0.1) is 0 Å². The number of hydrogen-bond donors (Lipinski definition) is 2. The second kappa shape index (κ2) is 11.8. The van der Waals surface area contributed by atoms with E-state index >= 15 is 0 Å². The van der Waals surface area contributed by atoms with Crippen molar-refractivity contribution in [2.24, 2.45) is 5.92 Å². The van der Waals surface area contributed by atoms with Gasteiger partial charge in [0.25, 0.3) is 0 Å². The maximum atomic E-state index is 13.7. The van der Waals surface area contributed by atoms with Crippen LogP contribution < -0.4 is 4.72 Å². The maximum Gasteiger partial charge on any atom is 0.417 e. The quantitative estimate of drug-likeness (QED) is 0.443. The summed E-state index contributed by atoms with van der Waals surface area (Å²) in [7, 11) is -9.03. The molecule has 0 unspecified atom stereocenters. The zero-order chi connectivity index (χ0) is 28.1. The number of sulfone groups is 1. The van der Waals surface area contributed by atoms with E-state index in [0.29, 0.717) is 38.1 Å². The Morgan fingerprint density at radius 2 is 1.58 bits per heavy atom. The van der Waals surface area contributed by atoms with Gasteiger partial charge in [-0.3, -0.25) is 9.59 Å². The number of piperidine rings is 1. The number of hydrogen-bond acceptors (Lipinski definition) is 6. The van der Waals surface area contributed by atoms with Crippen LogP contribution in [0.25, 0.3) is 0 Å². The van der Waals surface area contributed by atoms with Crippen LogP contribution >= 0.6 is 0 Å². The van der Waals surface area contributed by atoms with Gasteiger partial charge in [-0.25, -0.2) is 21.6 Å². The molecule has 1 heterocycles. The number of amides is 1. The Morgan fingerprint density at radius 3 is 2.16 bits per heavy atom. The summed E-state index contributed by atoms with van der Waals surface area (Å²) in [6.07, 6.45) is -4.12. The van der Waals surface area contributed by atoms with Gasteiger partial charge in [-0.2, -0.15) is 13.2 Å². The smallest absolute Gasteiger partial charge is 0.417 e. The summed E-state index contributed by atoms with van der Waals surface area (Å²) in [5.74, 6) is -1.48. The minimum Gasteiger partial charge on any atom is -0.481 e. The Labute approximate surface area is 218 Å². The molecule has 0 saturated carbocycles. The van der Waals surface area contributed by atoms with Crippen molar-refractivity contribution in [3.63, 3.8) is 0 Å². The summed E-state index contributed by atoms with van der Waals surface area (Å²) >= 11 is 0. The number of nitrogens with one attached hydrogen (secondary N) is 1. The zero-order valence-corrected chi connectivity index (χ0v) is 21.8. The van der Waals surface area contributed by atoms with E-state index in [1.165, 1.54) is 24.3 Å². The number of benzene rings is 2. The van der Waals surface area contributed by atoms with Crippen LogP contribution in [0.5, 0.6) is 0 Å². The molecule has 2 aromatic carbocycles. The maximum absolute atomic E-state index is 13.7. The molecule has 9 nitrogen and oxygen atoms in total. The van der Waals surface area contributed by atoms with Gasteiger partial charge in [0.15, 0.2) is 0 Å². The van der Waals surface area contributed by atoms with E-state index in [-0.39, 0.29) is 42.5 Å². The van der Waals surface area contributed by atoms with E-state index in [1.54, 1.807) is 11.0 Å². The highest BCUT2D eigenvalue weighted by atomic mass is 32.2. The number of aliphatic carboxylic acids is 1. The molecule has 208 valence electrons. The summed E-state index contributed by atoms with van der Waals surface area (Å²) in [4.78, 5) is 22.4. The number of carbonyl (C=O) groups excluding carboxylic acids is 1. The summed E-state index contributed by atoms with van der Waals surface area (Å²) in [6, 6.07) is 8.63. The van der Waals surface area contributed by atoms with Crippen LogP contribution in [0, 0.1) is 5.92 Å². The molecule has 0 spiro atoms. The molecular weight excluding hydrogens is 549 g/mol. The summed E-state index contributed by atoms with van der Waals surface area (Å²) in [6.45, 7) is 0.407. The molecule has 1 amide bonds. The third kappa shape index (κ3) is 7.32. The number of nitrogens with zero attached hydrogens (tertiary/aromatic N) is 1. The second-order valence-corrected chi connectivity index (χ2v) is 12.6. The summed E-state index contributed by atoms with van der Waals surface area (Å²) in [5, 5.41) is 8.67. The Balaban J connectivity index is 1.73. The molecule has 0 atom stereocenters. The van der Waals surface area contributed by atoms with Crippen LogP contribution in [0.3, 0.4) is 0 Å². The van der Waals surface area contributed by atoms with Crippen molar-refractivity contribution >= 4 is 31.7 Å². The van der Waals surface area contributed by atoms with E-state index < -0.39 is 47.4 Å². The second-order valence-electron chi connectivity index (χ2n) is 8.90. The van der Waals surface area contributed by atoms with Gasteiger partial charge in [-0.1, -0.05) is 18.2 Å². The van der Waals surface area contributed by atoms with E-state index in [1.807, 2.05) is 0 Å². The average molecular weight is 577 g/mol. The number of halogens is 3. The fraction of sp³-hybridized carbons (Fsp3) is 0.417. The first-order chi connectivity index (χ1) is 17.7. The molecule has 2 aromatic rings. The highest BCUT2D eigenvalue weighted by Crippen LogP contribution is 2.36. The lowest BCUT2D eigenvalue weighted by atomic mass is 9.97. The molecule has 1 fully saturated rings. The van der Waals surface area contributed by atoms with Crippen LogP contribution in [0.4, 0.5) is 13.2 Å². The largest absolute Gasteiger partial charge is 0.481 e. The molecule has 1 aliphatic rings. The fourth-order valence-corrected chi connectivity index (χ4v) is 6.85. The molecule has 2 N–H and O–H groups in total. The van der Waals surface area contributed by atoms with Crippen molar-refractivity contribution < 1.29 is 44.7 Å². The third-order valence-electron chi connectivity index (χ3n) is 6.22. The van der Waals surface area contributed by atoms with Crippen LogP contribution in [-0.2, 0) is 35.6 Å². The molecule has 0 radical (unpaired) electrons. The fourth-order valence-electron chi connectivity index (χ4n) is 4.10. The zero-order valence-electron chi connectivity index (χ0n) is 20.1. The molecular formula is C24H27F3N2O7S2. The van der Waals surface area contributed by atoms with Gasteiger partial charge in [0.05, 0.1) is 20.2 Å². The van der Waals surface area contributed by atoms with Crippen molar-refractivity contribution in [3.8, 4) is 0 Å². The number of likely N-dealkylation sites (tertiary alicyclic amines) is 1. The first-order valence-corrected chi connectivity index (χ1v) is 14.7. The summed E-state index contributed by atoms with van der Waals surface area (Å²) < 4.78 is 95.0. The van der Waals surface area contributed by atoms with Gasteiger partial charge in [-0.05, 0) is 55.5 Å². The molecule has 14 heteroatoms. The lowest BCUT2D eigenvalue weighted by molar-refractivity contribution is -0.140. The minimum absolute atomic E-state index is 0.0754. The average Bonchev–Trinajstić information content (AvgIpc) is 2.87. The predicted molar refractivity (Wildman–Crippen MR) is 129 cm³/mol. The molecule has 0 bridgehead atoms. The monoisotopic (exact) mass is 576 g/mol. The molecule has 1 saturated heterocycles. The van der Waals surface area contributed by atoms with E-state index in [9.17, 15) is 39.6 Å². The number of carboxylic acids is 1. The number of alkyl halides is 3. The standard InChI is InChI=1S/C24H27F3N2O7S2/c25-24(26,27)20-10-9-19(37(33,34)18-5-2-1-3-6-18)15-21(20)38(35,36)28-16-17-11-13-29(14-12-17)22(30)7-4-8-23(31)32/h1-3,5-6,9-10,15,17,28H,4,7-8,11-14,16H2,(H,31,32). The van der Waals surface area contributed by atoms with Gasteiger partial charge in [0.1, 0.15) is 0 Å². The normalized spacial score (nSPS) is 15.4. The SMILES string of the molecule is O=C(O)CCCC(=O)N1CCC(CNS(=O)(=O)c2cc(S(=O)(=O)c3ccccc3)ccc2C(F)(F)F)CC1. The van der Waals surface area contributed by atoms with Crippen LogP contribution in [0.2, 0.25) is 0 Å². The highest BCUT2D eigenvalue weighted by molar-refractivity contribution is 7.91. The molecule has 0 aromatic heterocycles. The van der Waals surface area contributed by atoms with E-state index in [4.69, 9.17) is 5.11 Å². The third-order valence-corrected chi connectivity index (χ3v) is 9.45. The Morgan fingerprint density at radius 1 is 0.947 bits per heavy atom. The molecule has 38 heavy (non-hydrogen) atoms. The lowest BCUT2D eigenvalue weighted by Gasteiger charge is -2.32. The number of rotatable bonds is 10. The Kier molecular flexibility index (Phi) is 9.21. The number of carbonyl (C=O) groups is 2.